The van der Waals surface area contributed by atoms with Gasteiger partial charge in [-0.05, 0) is 63.2 Å². The van der Waals surface area contributed by atoms with Crippen LogP contribution >= 0.6 is 0 Å². The largest absolute Gasteiger partial charge is 0.363 e. The smallest absolute Gasteiger partial charge is 0.287 e. The Morgan fingerprint density at radius 2 is 1.83 bits per heavy atom. The summed E-state index contributed by atoms with van der Waals surface area (Å²) in [7, 11) is 0. The normalized spacial score (nSPS) is 36.0. The van der Waals surface area contributed by atoms with Crippen molar-refractivity contribution in [1.29, 1.82) is 0 Å². The number of hydrogen-bond donors (Lipinski definition) is 2. The summed E-state index contributed by atoms with van der Waals surface area (Å²) in [5, 5.41) is 6.94. The van der Waals surface area contributed by atoms with Crippen LogP contribution in [0, 0.1) is 23.2 Å². The number of carbonyl (C=O) groups is 2. The fourth-order valence-electron chi connectivity index (χ4n) is 5.42. The summed E-state index contributed by atoms with van der Waals surface area (Å²) in [6.45, 7) is 1.86. The van der Waals surface area contributed by atoms with Crippen molar-refractivity contribution in [1.82, 2.24) is 10.5 Å². The Bertz CT molecular complexity index is 616. The first kappa shape index (κ1) is 14.7. The number of amides is 2. The van der Waals surface area contributed by atoms with Gasteiger partial charge in [0.05, 0.1) is 6.04 Å². The minimum atomic E-state index is -0.650. The van der Waals surface area contributed by atoms with E-state index in [0.29, 0.717) is 5.69 Å². The molecule has 1 heterocycles. The first-order chi connectivity index (χ1) is 10.9. The molecule has 6 heteroatoms. The molecule has 4 saturated carbocycles. The fraction of sp³-hybridized carbons (Fsp3) is 0.706. The van der Waals surface area contributed by atoms with Gasteiger partial charge in [0, 0.05) is 11.5 Å². The van der Waals surface area contributed by atoms with E-state index < -0.39 is 5.91 Å². The lowest BCUT2D eigenvalue weighted by Crippen LogP contribution is -2.53. The highest BCUT2D eigenvalue weighted by Gasteiger charge is 2.54. The van der Waals surface area contributed by atoms with Crippen LogP contribution in [0.3, 0.4) is 0 Å². The molecule has 0 radical (unpaired) electrons. The van der Waals surface area contributed by atoms with E-state index >= 15 is 0 Å². The molecule has 0 aliphatic heterocycles. The summed E-state index contributed by atoms with van der Waals surface area (Å²) in [5.74, 6) is 1.72. The quantitative estimate of drug-likeness (QED) is 0.889. The third kappa shape index (κ3) is 2.44. The SMILES string of the molecule is CC(NC(=O)C12CC3CC(CC(C3)C1)C2)c1cc(C(N)=O)on1. The molecule has 124 valence electrons. The minimum absolute atomic E-state index is 0.0240. The Morgan fingerprint density at radius 1 is 1.26 bits per heavy atom. The van der Waals surface area contributed by atoms with Gasteiger partial charge in [-0.15, -0.1) is 0 Å². The third-order valence-corrected chi connectivity index (χ3v) is 6.08. The van der Waals surface area contributed by atoms with E-state index in [4.69, 9.17) is 10.3 Å². The average Bonchev–Trinajstić information content (AvgIpc) is 2.95. The van der Waals surface area contributed by atoms with E-state index in [9.17, 15) is 9.59 Å². The lowest BCUT2D eigenvalue weighted by molar-refractivity contribution is -0.147. The number of primary amides is 1. The van der Waals surface area contributed by atoms with E-state index in [2.05, 4.69) is 10.5 Å². The topological polar surface area (TPSA) is 98.2 Å². The van der Waals surface area contributed by atoms with Crippen LogP contribution in [0.4, 0.5) is 0 Å². The molecule has 4 aliphatic rings. The minimum Gasteiger partial charge on any atom is -0.363 e. The molecule has 6 nitrogen and oxygen atoms in total. The van der Waals surface area contributed by atoms with Crippen molar-refractivity contribution >= 4 is 11.8 Å². The molecule has 1 atom stereocenters. The number of nitrogens with one attached hydrogen (secondary N) is 1. The number of nitrogens with two attached hydrogens (primary N) is 1. The van der Waals surface area contributed by atoms with Crippen LogP contribution in [-0.4, -0.2) is 17.0 Å². The lowest BCUT2D eigenvalue weighted by atomic mass is 9.49. The highest BCUT2D eigenvalue weighted by atomic mass is 16.5. The Labute approximate surface area is 135 Å². The Morgan fingerprint density at radius 3 is 2.30 bits per heavy atom. The predicted molar refractivity (Wildman–Crippen MR) is 82.2 cm³/mol. The first-order valence-corrected chi connectivity index (χ1v) is 8.52. The van der Waals surface area contributed by atoms with Crippen molar-refractivity contribution in [3.63, 3.8) is 0 Å². The van der Waals surface area contributed by atoms with E-state index in [1.54, 1.807) is 0 Å². The molecule has 1 aromatic rings. The fourth-order valence-corrected chi connectivity index (χ4v) is 5.42. The molecule has 1 aromatic heterocycles. The van der Waals surface area contributed by atoms with E-state index in [1.165, 1.54) is 25.3 Å². The summed E-state index contributed by atoms with van der Waals surface area (Å²) in [4.78, 5) is 24.0. The Balaban J connectivity index is 1.48. The lowest BCUT2D eigenvalue weighted by Gasteiger charge is -2.55. The van der Waals surface area contributed by atoms with Crippen molar-refractivity contribution < 1.29 is 14.1 Å². The summed E-state index contributed by atoms with van der Waals surface area (Å²) < 4.78 is 4.90. The number of carbonyl (C=O) groups excluding carboxylic acids is 2. The maximum atomic E-state index is 13.0. The second kappa shape index (κ2) is 5.08. The summed E-state index contributed by atoms with van der Waals surface area (Å²) in [6, 6.07) is 1.22. The molecule has 5 rings (SSSR count). The molecular formula is C17H23N3O3. The Kier molecular flexibility index (Phi) is 3.25. The zero-order valence-corrected chi connectivity index (χ0v) is 13.4. The number of rotatable bonds is 4. The van der Waals surface area contributed by atoms with Gasteiger partial charge in [0.15, 0.2) is 0 Å². The number of aromatic nitrogens is 1. The van der Waals surface area contributed by atoms with Gasteiger partial charge >= 0.3 is 0 Å². The molecule has 23 heavy (non-hydrogen) atoms. The standard InChI is InChI=1S/C17H23N3O3/c1-9(13-5-14(15(18)21)23-20-13)19-16(22)17-6-10-2-11(7-17)4-12(3-10)8-17/h5,9-12H,2-4,6-8H2,1H3,(H2,18,21)(H,19,22). The van der Waals surface area contributed by atoms with Gasteiger partial charge < -0.3 is 15.6 Å². The predicted octanol–water partition coefficient (Wildman–Crippen LogP) is 2.17. The molecule has 2 amide bonds. The second-order valence-electron chi connectivity index (χ2n) is 7.87. The summed E-state index contributed by atoms with van der Waals surface area (Å²) in [6.07, 6.45) is 7.03. The van der Waals surface area contributed by atoms with Crippen molar-refractivity contribution in [2.45, 2.75) is 51.5 Å². The maximum absolute atomic E-state index is 13.0. The van der Waals surface area contributed by atoms with Crippen LogP contribution in [0.1, 0.15) is 67.7 Å². The van der Waals surface area contributed by atoms with Crippen LogP contribution in [-0.2, 0) is 4.79 Å². The van der Waals surface area contributed by atoms with Crippen molar-refractivity contribution in [2.75, 3.05) is 0 Å². The van der Waals surface area contributed by atoms with Gasteiger partial charge in [0.25, 0.3) is 5.91 Å². The van der Waals surface area contributed by atoms with Crippen molar-refractivity contribution in [2.24, 2.45) is 28.9 Å². The summed E-state index contributed by atoms with van der Waals surface area (Å²) >= 11 is 0. The monoisotopic (exact) mass is 317 g/mol. The molecule has 0 saturated heterocycles. The number of nitrogens with zero attached hydrogens (tertiary/aromatic N) is 1. The molecule has 1 unspecified atom stereocenters. The van der Waals surface area contributed by atoms with Crippen LogP contribution in [0.5, 0.6) is 0 Å². The van der Waals surface area contributed by atoms with Crippen LogP contribution in [0.25, 0.3) is 0 Å². The molecule has 4 bridgehead atoms. The highest BCUT2D eigenvalue weighted by Crippen LogP contribution is 2.60. The zero-order chi connectivity index (χ0) is 16.2. The van der Waals surface area contributed by atoms with Crippen LogP contribution in [0.15, 0.2) is 10.6 Å². The van der Waals surface area contributed by atoms with Gasteiger partial charge in [0.2, 0.25) is 11.7 Å². The van der Waals surface area contributed by atoms with Gasteiger partial charge in [-0.25, -0.2) is 0 Å². The average molecular weight is 317 g/mol. The van der Waals surface area contributed by atoms with Crippen molar-refractivity contribution in [3.8, 4) is 0 Å². The molecule has 4 aliphatic carbocycles. The third-order valence-electron chi connectivity index (χ3n) is 6.08. The second-order valence-corrected chi connectivity index (χ2v) is 7.87. The van der Waals surface area contributed by atoms with Crippen LogP contribution in [0.2, 0.25) is 0 Å². The van der Waals surface area contributed by atoms with Gasteiger partial charge in [0.1, 0.15) is 5.69 Å². The zero-order valence-electron chi connectivity index (χ0n) is 13.4. The molecule has 0 aromatic carbocycles. The van der Waals surface area contributed by atoms with E-state index in [1.807, 2.05) is 6.92 Å². The van der Waals surface area contributed by atoms with Crippen molar-refractivity contribution in [3.05, 3.63) is 17.5 Å². The molecule has 4 fully saturated rings. The van der Waals surface area contributed by atoms with Gasteiger partial charge in [-0.1, -0.05) is 5.16 Å². The van der Waals surface area contributed by atoms with Crippen LogP contribution < -0.4 is 11.1 Å². The van der Waals surface area contributed by atoms with E-state index in [-0.39, 0.29) is 23.1 Å². The Hall–Kier alpha value is -1.85. The summed E-state index contributed by atoms with van der Waals surface area (Å²) in [5.41, 5.74) is 5.53. The molecule has 3 N–H and O–H groups in total. The number of hydrogen-bond acceptors (Lipinski definition) is 4. The molecule has 0 spiro atoms. The molecular weight excluding hydrogens is 294 g/mol. The van der Waals surface area contributed by atoms with E-state index in [0.717, 1.165) is 37.0 Å². The van der Waals surface area contributed by atoms with Gasteiger partial charge in [-0.3, -0.25) is 9.59 Å². The highest BCUT2D eigenvalue weighted by molar-refractivity contribution is 5.89. The maximum Gasteiger partial charge on any atom is 0.287 e. The first-order valence-electron chi connectivity index (χ1n) is 8.52. The van der Waals surface area contributed by atoms with Gasteiger partial charge in [-0.2, -0.15) is 0 Å².